The minimum Gasteiger partial charge on any atom is -0.398 e. The number of carbonyl (C=O) groups excluding carboxylic acids is 1. The van der Waals surface area contributed by atoms with Gasteiger partial charge < -0.3 is 5.73 Å². The molecule has 0 radical (unpaired) electrons. The third kappa shape index (κ3) is 4.00. The van der Waals surface area contributed by atoms with Gasteiger partial charge in [0, 0.05) is 18.2 Å². The van der Waals surface area contributed by atoms with Gasteiger partial charge in [-0.3, -0.25) is 4.79 Å². The average Bonchev–Trinajstić information content (AvgIpc) is 2.26. The van der Waals surface area contributed by atoms with Crippen LogP contribution in [0.25, 0.3) is 0 Å². The van der Waals surface area contributed by atoms with Crippen LogP contribution in [0.3, 0.4) is 0 Å². The molecule has 0 saturated carbocycles. The zero-order valence-corrected chi connectivity index (χ0v) is 10.4. The first kappa shape index (κ1) is 12.7. The Hall–Kier alpha value is -1.40. The van der Waals surface area contributed by atoms with E-state index in [2.05, 4.69) is 18.8 Å². The van der Waals surface area contributed by atoms with Crippen molar-refractivity contribution in [1.82, 2.24) is 0 Å². The molecule has 1 rings (SSSR count). The fraction of sp³-hybridized carbons (Fsp3) is 0.308. The van der Waals surface area contributed by atoms with E-state index in [4.69, 9.17) is 5.73 Å². The van der Waals surface area contributed by atoms with Crippen molar-refractivity contribution < 1.29 is 4.79 Å². The number of nitrogen functional groups attached to an aromatic ring is 1. The van der Waals surface area contributed by atoms with Gasteiger partial charge in [0.25, 0.3) is 0 Å². The highest BCUT2D eigenvalue weighted by Crippen LogP contribution is 2.13. The molecule has 16 heavy (non-hydrogen) atoms. The summed E-state index contributed by atoms with van der Waals surface area (Å²) in [6.07, 6.45) is 0.969. The molecule has 0 aliphatic carbocycles. The molecule has 0 aliphatic rings. The summed E-state index contributed by atoms with van der Waals surface area (Å²) in [5.41, 5.74) is 8.57. The van der Waals surface area contributed by atoms with Gasteiger partial charge in [0.2, 0.25) is 0 Å². The lowest BCUT2D eigenvalue weighted by Crippen LogP contribution is -1.92. The zero-order valence-electron chi connectivity index (χ0n) is 9.54. The monoisotopic (exact) mass is 233 g/mol. The number of hydrogen-bond donors (Lipinski definition) is 1. The van der Waals surface area contributed by atoms with Gasteiger partial charge in [-0.15, -0.1) is 0 Å². The number of carbonyl (C=O) groups is 1. The molecule has 3 heteroatoms. The highest BCUT2D eigenvalue weighted by atomic mass is 32.2. The molecule has 2 N–H and O–H groups in total. The van der Waals surface area contributed by atoms with Crippen LogP contribution in [0.4, 0.5) is 5.69 Å². The molecule has 0 aromatic heterocycles. The molecular formula is C13H15NOS. The van der Waals surface area contributed by atoms with E-state index in [0.717, 1.165) is 12.0 Å². The first-order chi connectivity index (χ1) is 7.63. The van der Waals surface area contributed by atoms with Gasteiger partial charge in [-0.2, -0.15) is 0 Å². The smallest absolute Gasteiger partial charge is 0.186 e. The van der Waals surface area contributed by atoms with E-state index in [1.54, 1.807) is 6.92 Å². The fourth-order valence-corrected chi connectivity index (χ4v) is 1.55. The number of thioether (sulfide) groups is 1. The molecule has 0 spiro atoms. The number of nitrogens with two attached hydrogens (primary N) is 1. The topological polar surface area (TPSA) is 43.1 Å². The molecule has 0 atom stereocenters. The Balaban J connectivity index is 2.75. The van der Waals surface area contributed by atoms with Crippen LogP contribution in [-0.2, 0) is 11.2 Å². The SMILES string of the molecule is CCc1ccc(N)c(C#CCSC(C)=O)c1. The van der Waals surface area contributed by atoms with Crippen molar-refractivity contribution >= 4 is 22.6 Å². The van der Waals surface area contributed by atoms with Crippen LogP contribution in [0, 0.1) is 11.8 Å². The van der Waals surface area contributed by atoms with Gasteiger partial charge in [-0.05, 0) is 24.1 Å². The van der Waals surface area contributed by atoms with Crippen LogP contribution in [0.5, 0.6) is 0 Å². The maximum atomic E-state index is 10.7. The summed E-state index contributed by atoms with van der Waals surface area (Å²) in [6.45, 7) is 3.63. The average molecular weight is 233 g/mol. The van der Waals surface area contributed by atoms with Crippen LogP contribution in [0.2, 0.25) is 0 Å². The lowest BCUT2D eigenvalue weighted by Gasteiger charge is -2.01. The highest BCUT2D eigenvalue weighted by Gasteiger charge is 1.96. The summed E-state index contributed by atoms with van der Waals surface area (Å²) in [5.74, 6) is 6.45. The van der Waals surface area contributed by atoms with E-state index in [-0.39, 0.29) is 5.12 Å². The van der Waals surface area contributed by atoms with Crippen molar-refractivity contribution in [1.29, 1.82) is 0 Å². The van der Waals surface area contributed by atoms with Crippen molar-refractivity contribution in [3.63, 3.8) is 0 Å². The largest absolute Gasteiger partial charge is 0.398 e. The number of anilines is 1. The number of hydrogen-bond acceptors (Lipinski definition) is 3. The Morgan fingerprint density at radius 3 is 2.88 bits per heavy atom. The predicted molar refractivity (Wildman–Crippen MR) is 70.2 cm³/mol. The fourth-order valence-electron chi connectivity index (χ4n) is 1.20. The summed E-state index contributed by atoms with van der Waals surface area (Å²) >= 11 is 1.21. The number of aryl methyl sites for hydroxylation is 1. The van der Waals surface area contributed by atoms with Crippen LogP contribution >= 0.6 is 11.8 Å². The third-order valence-electron chi connectivity index (χ3n) is 2.10. The lowest BCUT2D eigenvalue weighted by molar-refractivity contribution is -0.109. The van der Waals surface area contributed by atoms with Crippen LogP contribution < -0.4 is 5.73 Å². The second kappa shape index (κ2) is 6.24. The maximum Gasteiger partial charge on any atom is 0.186 e. The van der Waals surface area contributed by atoms with Gasteiger partial charge >= 0.3 is 0 Å². The molecule has 0 amide bonds. The Labute approximate surface area is 101 Å². The number of benzene rings is 1. The third-order valence-corrected chi connectivity index (χ3v) is 2.79. The summed E-state index contributed by atoms with van der Waals surface area (Å²) in [5, 5.41) is 0.0876. The molecule has 0 heterocycles. The van der Waals surface area contributed by atoms with E-state index in [1.165, 1.54) is 17.3 Å². The van der Waals surface area contributed by atoms with E-state index >= 15 is 0 Å². The van der Waals surface area contributed by atoms with Crippen molar-refractivity contribution in [3.8, 4) is 11.8 Å². The summed E-state index contributed by atoms with van der Waals surface area (Å²) < 4.78 is 0. The first-order valence-electron chi connectivity index (χ1n) is 5.14. The molecule has 1 aromatic carbocycles. The van der Waals surface area contributed by atoms with Gasteiger partial charge in [-0.1, -0.05) is 36.6 Å². The van der Waals surface area contributed by atoms with E-state index in [0.29, 0.717) is 11.4 Å². The summed E-state index contributed by atoms with van der Waals surface area (Å²) in [4.78, 5) is 10.7. The Morgan fingerprint density at radius 1 is 1.50 bits per heavy atom. The normalized spacial score (nSPS) is 9.38. The Bertz CT molecular complexity index is 443. The minimum atomic E-state index is 0.0876. The zero-order chi connectivity index (χ0) is 12.0. The van der Waals surface area contributed by atoms with Gasteiger partial charge in [0.1, 0.15) is 0 Å². The van der Waals surface area contributed by atoms with Gasteiger partial charge in [0.05, 0.1) is 5.75 Å². The van der Waals surface area contributed by atoms with Crippen molar-refractivity contribution in [2.75, 3.05) is 11.5 Å². The first-order valence-corrected chi connectivity index (χ1v) is 6.12. The molecule has 2 nitrogen and oxygen atoms in total. The van der Waals surface area contributed by atoms with E-state index in [1.807, 2.05) is 18.2 Å². The Morgan fingerprint density at radius 2 is 2.25 bits per heavy atom. The van der Waals surface area contributed by atoms with E-state index in [9.17, 15) is 4.79 Å². The molecule has 0 saturated heterocycles. The van der Waals surface area contributed by atoms with Crippen LogP contribution in [-0.4, -0.2) is 10.9 Å². The van der Waals surface area contributed by atoms with Crippen molar-refractivity contribution in [2.45, 2.75) is 20.3 Å². The molecule has 0 unspecified atom stereocenters. The molecule has 0 bridgehead atoms. The maximum absolute atomic E-state index is 10.7. The minimum absolute atomic E-state index is 0.0876. The molecule has 0 aliphatic heterocycles. The quantitative estimate of drug-likeness (QED) is 0.630. The Kier molecular flexibility index (Phi) is 4.94. The molecule has 84 valence electrons. The highest BCUT2D eigenvalue weighted by molar-refractivity contribution is 8.13. The summed E-state index contributed by atoms with van der Waals surface area (Å²) in [7, 11) is 0. The van der Waals surface area contributed by atoms with E-state index < -0.39 is 0 Å². The van der Waals surface area contributed by atoms with Crippen LogP contribution in [0.15, 0.2) is 18.2 Å². The second-order valence-corrected chi connectivity index (χ2v) is 4.51. The molecule has 1 aromatic rings. The molecule has 0 fully saturated rings. The van der Waals surface area contributed by atoms with Crippen molar-refractivity contribution in [2.24, 2.45) is 0 Å². The number of rotatable bonds is 2. The van der Waals surface area contributed by atoms with Gasteiger partial charge in [0.15, 0.2) is 5.12 Å². The van der Waals surface area contributed by atoms with Crippen LogP contribution in [0.1, 0.15) is 25.0 Å². The lowest BCUT2D eigenvalue weighted by atomic mass is 10.1. The predicted octanol–water partition coefficient (Wildman–Crippen LogP) is 2.46. The molecular weight excluding hydrogens is 218 g/mol. The second-order valence-electron chi connectivity index (χ2n) is 3.36. The van der Waals surface area contributed by atoms with Crippen molar-refractivity contribution in [3.05, 3.63) is 29.3 Å². The standard InChI is InChI=1S/C13H15NOS/c1-3-11-6-7-13(14)12(9-11)5-4-8-16-10(2)15/h6-7,9H,3,8,14H2,1-2H3. The van der Waals surface area contributed by atoms with Gasteiger partial charge in [-0.25, -0.2) is 0 Å². The summed E-state index contributed by atoms with van der Waals surface area (Å²) in [6, 6.07) is 5.88.